The third-order valence-corrected chi connectivity index (χ3v) is 6.45. The highest BCUT2D eigenvalue weighted by molar-refractivity contribution is 5.99. The van der Waals surface area contributed by atoms with E-state index in [0.29, 0.717) is 0 Å². The van der Waals surface area contributed by atoms with E-state index in [1.54, 1.807) is 0 Å². The van der Waals surface area contributed by atoms with Gasteiger partial charge >= 0.3 is 0 Å². The van der Waals surface area contributed by atoms with Crippen LogP contribution in [0.25, 0.3) is 0 Å². The second kappa shape index (κ2) is 9.46. The lowest BCUT2D eigenvalue weighted by atomic mass is 9.88. The number of nitrogens with zero attached hydrogens (tertiary/aromatic N) is 2. The smallest absolute Gasteiger partial charge is 0.230 e. The molecule has 0 unspecified atom stereocenters. The molecule has 4 nitrogen and oxygen atoms in total. The van der Waals surface area contributed by atoms with E-state index < -0.39 is 0 Å². The van der Waals surface area contributed by atoms with Crippen molar-refractivity contribution in [3.05, 3.63) is 60.2 Å². The number of hydrogen-bond acceptors (Lipinski definition) is 2. The van der Waals surface area contributed by atoms with Gasteiger partial charge in [-0.3, -0.25) is 9.59 Å². The average molecular weight is 407 g/mol. The van der Waals surface area contributed by atoms with Crippen molar-refractivity contribution in [2.24, 2.45) is 11.8 Å². The summed E-state index contributed by atoms with van der Waals surface area (Å²) < 4.78 is 0. The van der Waals surface area contributed by atoms with Crippen LogP contribution in [0.4, 0.5) is 11.4 Å². The molecular weight excluding hydrogens is 372 g/mol. The Bertz CT molecular complexity index is 880. The lowest BCUT2D eigenvalue weighted by molar-refractivity contribution is -0.122. The molecule has 3 rings (SSSR count). The summed E-state index contributed by atoms with van der Waals surface area (Å²) in [5.41, 5.74) is 2.90. The fraction of sp³-hybridized carbons (Fsp3) is 0.462. The molecule has 30 heavy (non-hydrogen) atoms. The number of fused-ring (bicyclic) bond motifs is 1. The van der Waals surface area contributed by atoms with E-state index in [1.165, 1.54) is 0 Å². The summed E-state index contributed by atoms with van der Waals surface area (Å²) >= 11 is 0. The lowest BCUT2D eigenvalue weighted by Gasteiger charge is -2.44. The Morgan fingerprint density at radius 3 is 2.20 bits per heavy atom. The molecule has 0 aromatic heterocycles. The maximum absolute atomic E-state index is 13.5. The zero-order chi connectivity index (χ0) is 21.8. The van der Waals surface area contributed by atoms with Crippen LogP contribution >= 0.6 is 0 Å². The third kappa shape index (κ3) is 4.14. The van der Waals surface area contributed by atoms with Crippen LogP contribution in [0.5, 0.6) is 0 Å². The van der Waals surface area contributed by atoms with E-state index >= 15 is 0 Å². The van der Waals surface area contributed by atoms with Crippen LogP contribution < -0.4 is 9.80 Å². The summed E-state index contributed by atoms with van der Waals surface area (Å²) in [6.07, 6.45) is 2.33. The number of rotatable bonds is 6. The number of para-hydroxylation sites is 2. The fourth-order valence-electron chi connectivity index (χ4n) is 4.24. The predicted octanol–water partition coefficient (Wildman–Crippen LogP) is 5.98. The fourth-order valence-corrected chi connectivity index (χ4v) is 4.24. The Hall–Kier alpha value is -2.62. The van der Waals surface area contributed by atoms with Crippen molar-refractivity contribution in [2.75, 3.05) is 9.80 Å². The summed E-state index contributed by atoms with van der Waals surface area (Å²) in [5.74, 6) is 0.212. The van der Waals surface area contributed by atoms with Gasteiger partial charge in [0.25, 0.3) is 0 Å². The molecule has 0 saturated heterocycles. The van der Waals surface area contributed by atoms with Crippen molar-refractivity contribution < 1.29 is 9.59 Å². The standard InChI is InChI=1S/C26H34N2O2/c1-6-18(3)25(29)27-20(5)17-24(22-15-11-12-16-23(22)27)28(26(30)19(4)7-2)21-13-9-8-10-14-21/h8-16,18-20,24H,6-7,17H2,1-5H3/t18-,19-,20-,24-/m0/s1. The van der Waals surface area contributed by atoms with Crippen molar-refractivity contribution in [1.29, 1.82) is 0 Å². The van der Waals surface area contributed by atoms with Gasteiger partial charge in [-0.15, -0.1) is 0 Å². The first-order valence-electron chi connectivity index (χ1n) is 11.2. The molecule has 0 aliphatic carbocycles. The van der Waals surface area contributed by atoms with Crippen LogP contribution in [-0.4, -0.2) is 17.9 Å². The van der Waals surface area contributed by atoms with Gasteiger partial charge in [0.05, 0.1) is 6.04 Å². The van der Waals surface area contributed by atoms with E-state index in [9.17, 15) is 9.59 Å². The lowest BCUT2D eigenvalue weighted by Crippen LogP contribution is -2.49. The minimum atomic E-state index is -0.0962. The molecule has 4 atom stereocenters. The first-order chi connectivity index (χ1) is 14.4. The van der Waals surface area contributed by atoms with Crippen LogP contribution in [-0.2, 0) is 9.59 Å². The molecule has 0 saturated carbocycles. The zero-order valence-electron chi connectivity index (χ0n) is 18.8. The molecule has 4 heteroatoms. The molecular formula is C26H34N2O2. The Morgan fingerprint density at radius 2 is 1.57 bits per heavy atom. The monoisotopic (exact) mass is 406 g/mol. The highest BCUT2D eigenvalue weighted by Crippen LogP contribution is 2.43. The van der Waals surface area contributed by atoms with Gasteiger partial charge in [-0.1, -0.05) is 64.1 Å². The van der Waals surface area contributed by atoms with Crippen molar-refractivity contribution in [3.8, 4) is 0 Å². The van der Waals surface area contributed by atoms with Gasteiger partial charge in [0, 0.05) is 29.3 Å². The summed E-state index contributed by atoms with van der Waals surface area (Å²) in [5, 5.41) is 0. The molecule has 1 heterocycles. The Labute approximate surface area is 180 Å². The minimum Gasteiger partial charge on any atom is -0.309 e. The normalized spacial score (nSPS) is 20.2. The largest absolute Gasteiger partial charge is 0.309 e. The number of hydrogen-bond donors (Lipinski definition) is 0. The van der Waals surface area contributed by atoms with Gasteiger partial charge in [0.2, 0.25) is 11.8 Å². The highest BCUT2D eigenvalue weighted by Gasteiger charge is 2.39. The maximum Gasteiger partial charge on any atom is 0.230 e. The number of benzene rings is 2. The number of amides is 2. The molecule has 1 aliphatic heterocycles. The van der Waals surface area contributed by atoms with Gasteiger partial charge in [0.1, 0.15) is 0 Å². The summed E-state index contributed by atoms with van der Waals surface area (Å²) in [6.45, 7) is 10.2. The van der Waals surface area contributed by atoms with Crippen molar-refractivity contribution in [2.45, 2.75) is 66.0 Å². The van der Waals surface area contributed by atoms with Crippen molar-refractivity contribution in [3.63, 3.8) is 0 Å². The molecule has 2 aromatic carbocycles. The summed E-state index contributed by atoms with van der Waals surface area (Å²) in [4.78, 5) is 30.6. The first kappa shape index (κ1) is 22.1. The third-order valence-electron chi connectivity index (χ3n) is 6.45. The van der Waals surface area contributed by atoms with Gasteiger partial charge in [-0.05, 0) is 49.9 Å². The predicted molar refractivity (Wildman–Crippen MR) is 124 cm³/mol. The van der Waals surface area contributed by atoms with Crippen LogP contribution in [0.1, 0.15) is 65.5 Å². The number of carbonyl (C=O) groups excluding carboxylic acids is 2. The van der Waals surface area contributed by atoms with Crippen LogP contribution in [0, 0.1) is 11.8 Å². The minimum absolute atomic E-state index is 0.0161. The van der Waals surface area contributed by atoms with E-state index in [1.807, 2.05) is 79.1 Å². The molecule has 2 aromatic rings. The van der Waals surface area contributed by atoms with E-state index in [4.69, 9.17) is 0 Å². The first-order valence-corrected chi connectivity index (χ1v) is 11.2. The molecule has 0 bridgehead atoms. The van der Waals surface area contributed by atoms with E-state index in [0.717, 1.165) is 36.2 Å². The second-order valence-electron chi connectivity index (χ2n) is 8.53. The summed E-state index contributed by atoms with van der Waals surface area (Å²) in [7, 11) is 0. The highest BCUT2D eigenvalue weighted by atomic mass is 16.2. The molecule has 2 amide bonds. The average Bonchev–Trinajstić information content (AvgIpc) is 2.78. The van der Waals surface area contributed by atoms with Crippen molar-refractivity contribution >= 4 is 23.2 Å². The summed E-state index contributed by atoms with van der Waals surface area (Å²) in [6, 6.07) is 17.9. The van der Waals surface area contributed by atoms with Crippen LogP contribution in [0.15, 0.2) is 54.6 Å². The van der Waals surface area contributed by atoms with E-state index in [2.05, 4.69) is 19.9 Å². The van der Waals surface area contributed by atoms with Gasteiger partial charge in [-0.2, -0.15) is 0 Å². The zero-order valence-corrected chi connectivity index (χ0v) is 18.8. The Morgan fingerprint density at radius 1 is 0.967 bits per heavy atom. The quantitative estimate of drug-likeness (QED) is 0.592. The van der Waals surface area contributed by atoms with Crippen LogP contribution in [0.3, 0.4) is 0 Å². The molecule has 0 spiro atoms. The Balaban J connectivity index is 2.11. The SMILES string of the molecule is CC[C@H](C)C(=O)N1c2ccccc2[C@@H](N(C(=O)[C@@H](C)CC)c2ccccc2)C[C@@H]1C. The maximum atomic E-state index is 13.5. The number of carbonyl (C=O) groups is 2. The van der Waals surface area contributed by atoms with Crippen LogP contribution in [0.2, 0.25) is 0 Å². The molecule has 0 radical (unpaired) electrons. The molecule has 160 valence electrons. The van der Waals surface area contributed by atoms with Gasteiger partial charge in [-0.25, -0.2) is 0 Å². The molecule has 1 aliphatic rings. The van der Waals surface area contributed by atoms with Gasteiger partial charge < -0.3 is 9.80 Å². The topological polar surface area (TPSA) is 40.6 Å². The van der Waals surface area contributed by atoms with Gasteiger partial charge in [0.15, 0.2) is 0 Å². The molecule has 0 N–H and O–H groups in total. The van der Waals surface area contributed by atoms with Crippen molar-refractivity contribution in [1.82, 2.24) is 0 Å². The number of anilines is 2. The second-order valence-corrected chi connectivity index (χ2v) is 8.53. The Kier molecular flexibility index (Phi) is 6.96. The molecule has 0 fully saturated rings. The van der Waals surface area contributed by atoms with E-state index in [-0.39, 0.29) is 35.7 Å².